The van der Waals surface area contributed by atoms with Gasteiger partial charge in [-0.3, -0.25) is 0 Å². The molecule has 0 spiro atoms. The number of hydrogen-bond donors (Lipinski definition) is 1. The normalized spacial score (nSPS) is 24.6. The van der Waals surface area contributed by atoms with E-state index in [1.807, 2.05) is 0 Å². The molecule has 1 saturated heterocycles. The number of nitrogens with zero attached hydrogens (tertiary/aromatic N) is 1. The fourth-order valence-corrected chi connectivity index (χ4v) is 2.32. The highest BCUT2D eigenvalue weighted by molar-refractivity contribution is 4.77. The molecule has 0 aromatic heterocycles. The summed E-state index contributed by atoms with van der Waals surface area (Å²) in [6.45, 7) is 6.70. The molecule has 1 aliphatic rings. The molecule has 3 nitrogen and oxygen atoms in total. The van der Waals surface area contributed by atoms with Crippen LogP contribution in [0.1, 0.15) is 32.6 Å². The molecule has 0 radical (unpaired) electrons. The maximum atomic E-state index is 6.08. The topological polar surface area (TPSA) is 38.5 Å². The monoisotopic (exact) mass is 214 g/mol. The van der Waals surface area contributed by atoms with Crippen LogP contribution < -0.4 is 5.73 Å². The predicted molar refractivity (Wildman–Crippen MR) is 63.9 cm³/mol. The summed E-state index contributed by atoms with van der Waals surface area (Å²) in [6, 6.07) is 0.329. The van der Waals surface area contributed by atoms with Crippen LogP contribution in [-0.4, -0.2) is 44.3 Å². The Balaban J connectivity index is 2.07. The van der Waals surface area contributed by atoms with E-state index >= 15 is 0 Å². The summed E-state index contributed by atoms with van der Waals surface area (Å²) in [6.07, 6.45) is 4.85. The van der Waals surface area contributed by atoms with Crippen LogP contribution in [-0.2, 0) is 4.74 Å². The summed E-state index contributed by atoms with van der Waals surface area (Å²) in [5.74, 6) is 0.913. The average Bonchev–Trinajstić information content (AvgIpc) is 2.66. The molecule has 0 saturated carbocycles. The van der Waals surface area contributed by atoms with E-state index in [0.717, 1.165) is 31.9 Å². The third-order valence-electron chi connectivity index (χ3n) is 3.36. The lowest BCUT2D eigenvalue weighted by atomic mass is 10.1. The minimum Gasteiger partial charge on any atom is -0.385 e. The summed E-state index contributed by atoms with van der Waals surface area (Å²) in [5, 5.41) is 0. The lowest BCUT2D eigenvalue weighted by Crippen LogP contribution is -2.36. The van der Waals surface area contributed by atoms with Gasteiger partial charge in [0.1, 0.15) is 0 Å². The van der Waals surface area contributed by atoms with E-state index in [0.29, 0.717) is 6.04 Å². The fraction of sp³-hybridized carbons (Fsp3) is 1.00. The fourth-order valence-electron chi connectivity index (χ4n) is 2.32. The van der Waals surface area contributed by atoms with Gasteiger partial charge in [-0.05, 0) is 31.7 Å². The van der Waals surface area contributed by atoms with Gasteiger partial charge in [0.15, 0.2) is 0 Å². The van der Waals surface area contributed by atoms with Gasteiger partial charge >= 0.3 is 0 Å². The third kappa shape index (κ3) is 4.96. The van der Waals surface area contributed by atoms with Crippen LogP contribution >= 0.6 is 0 Å². The van der Waals surface area contributed by atoms with Crippen molar-refractivity contribution in [1.82, 2.24) is 4.90 Å². The molecule has 90 valence electrons. The first kappa shape index (κ1) is 12.9. The van der Waals surface area contributed by atoms with Gasteiger partial charge in [0.05, 0.1) is 0 Å². The second-order valence-electron chi connectivity index (χ2n) is 4.72. The summed E-state index contributed by atoms with van der Waals surface area (Å²) in [4.78, 5) is 2.52. The van der Waals surface area contributed by atoms with Crippen LogP contribution in [0, 0.1) is 5.92 Å². The Bertz CT molecular complexity index is 164. The van der Waals surface area contributed by atoms with Crippen molar-refractivity contribution < 1.29 is 4.74 Å². The van der Waals surface area contributed by atoms with Crippen molar-refractivity contribution in [3.63, 3.8) is 0 Å². The number of methoxy groups -OCH3 is 1. The minimum atomic E-state index is 0.329. The van der Waals surface area contributed by atoms with Crippen molar-refractivity contribution in [2.75, 3.05) is 33.4 Å². The Morgan fingerprint density at radius 1 is 1.53 bits per heavy atom. The SMILES string of the molecule is CCC1CCN(CC(N)CCCOC)C1. The Hall–Kier alpha value is -0.120. The Morgan fingerprint density at radius 3 is 2.93 bits per heavy atom. The molecule has 0 aromatic rings. The molecule has 2 atom stereocenters. The van der Waals surface area contributed by atoms with E-state index in [1.165, 1.54) is 25.9 Å². The summed E-state index contributed by atoms with van der Waals surface area (Å²) < 4.78 is 5.03. The summed E-state index contributed by atoms with van der Waals surface area (Å²) in [7, 11) is 1.75. The molecule has 3 heteroatoms. The number of rotatable bonds is 7. The van der Waals surface area contributed by atoms with Gasteiger partial charge in [-0.2, -0.15) is 0 Å². The second-order valence-corrected chi connectivity index (χ2v) is 4.72. The second kappa shape index (κ2) is 7.20. The van der Waals surface area contributed by atoms with Crippen LogP contribution in [0.5, 0.6) is 0 Å². The van der Waals surface area contributed by atoms with Crippen molar-refractivity contribution in [1.29, 1.82) is 0 Å². The van der Waals surface area contributed by atoms with Crippen molar-refractivity contribution in [3.8, 4) is 0 Å². The zero-order chi connectivity index (χ0) is 11.1. The van der Waals surface area contributed by atoms with E-state index < -0.39 is 0 Å². The van der Waals surface area contributed by atoms with Gasteiger partial charge in [0.2, 0.25) is 0 Å². The molecule has 1 heterocycles. The van der Waals surface area contributed by atoms with E-state index in [9.17, 15) is 0 Å². The smallest absolute Gasteiger partial charge is 0.0462 e. The summed E-state index contributed by atoms with van der Waals surface area (Å²) >= 11 is 0. The van der Waals surface area contributed by atoms with Crippen LogP contribution in [0.25, 0.3) is 0 Å². The van der Waals surface area contributed by atoms with E-state index in [1.54, 1.807) is 7.11 Å². The van der Waals surface area contributed by atoms with E-state index in [-0.39, 0.29) is 0 Å². The predicted octanol–water partition coefficient (Wildman–Crippen LogP) is 1.47. The quantitative estimate of drug-likeness (QED) is 0.652. The maximum Gasteiger partial charge on any atom is 0.0462 e. The Labute approximate surface area is 94.0 Å². The standard InChI is InChI=1S/C12H26N2O/c1-3-11-6-7-14(9-11)10-12(13)5-4-8-15-2/h11-12H,3-10,13H2,1-2H3. The Morgan fingerprint density at radius 2 is 2.33 bits per heavy atom. The van der Waals surface area contributed by atoms with Crippen molar-refractivity contribution in [3.05, 3.63) is 0 Å². The van der Waals surface area contributed by atoms with E-state index in [4.69, 9.17) is 10.5 Å². The van der Waals surface area contributed by atoms with Gasteiger partial charge < -0.3 is 15.4 Å². The van der Waals surface area contributed by atoms with Crippen molar-refractivity contribution in [2.24, 2.45) is 11.7 Å². The van der Waals surface area contributed by atoms with Gasteiger partial charge in [0, 0.05) is 32.8 Å². The Kier molecular flexibility index (Phi) is 6.22. The zero-order valence-corrected chi connectivity index (χ0v) is 10.2. The number of hydrogen-bond acceptors (Lipinski definition) is 3. The van der Waals surface area contributed by atoms with Crippen LogP contribution in [0.4, 0.5) is 0 Å². The maximum absolute atomic E-state index is 6.08. The largest absolute Gasteiger partial charge is 0.385 e. The molecule has 0 aliphatic carbocycles. The molecule has 2 unspecified atom stereocenters. The molecular formula is C12H26N2O. The van der Waals surface area contributed by atoms with Crippen LogP contribution in [0.3, 0.4) is 0 Å². The van der Waals surface area contributed by atoms with E-state index in [2.05, 4.69) is 11.8 Å². The van der Waals surface area contributed by atoms with Crippen molar-refractivity contribution >= 4 is 0 Å². The first-order chi connectivity index (χ1) is 7.26. The van der Waals surface area contributed by atoms with Crippen molar-refractivity contribution in [2.45, 2.75) is 38.6 Å². The molecule has 0 bridgehead atoms. The molecule has 1 fully saturated rings. The lowest BCUT2D eigenvalue weighted by molar-refractivity contribution is 0.187. The van der Waals surface area contributed by atoms with Crippen LogP contribution in [0.2, 0.25) is 0 Å². The van der Waals surface area contributed by atoms with Gasteiger partial charge in [-0.1, -0.05) is 13.3 Å². The molecule has 0 amide bonds. The highest BCUT2D eigenvalue weighted by atomic mass is 16.5. The number of nitrogens with two attached hydrogens (primary N) is 1. The van der Waals surface area contributed by atoms with Gasteiger partial charge in [0.25, 0.3) is 0 Å². The first-order valence-electron chi connectivity index (χ1n) is 6.23. The van der Waals surface area contributed by atoms with Gasteiger partial charge in [-0.25, -0.2) is 0 Å². The highest BCUT2D eigenvalue weighted by Crippen LogP contribution is 2.19. The number of ether oxygens (including phenoxy) is 1. The number of likely N-dealkylation sites (tertiary alicyclic amines) is 1. The zero-order valence-electron chi connectivity index (χ0n) is 10.2. The molecule has 15 heavy (non-hydrogen) atoms. The minimum absolute atomic E-state index is 0.329. The first-order valence-corrected chi connectivity index (χ1v) is 6.23. The highest BCUT2D eigenvalue weighted by Gasteiger charge is 2.21. The molecule has 0 aromatic carbocycles. The molecule has 1 aliphatic heterocycles. The molecule has 2 N–H and O–H groups in total. The molecule has 1 rings (SSSR count). The summed E-state index contributed by atoms with van der Waals surface area (Å²) in [5.41, 5.74) is 6.08. The lowest BCUT2D eigenvalue weighted by Gasteiger charge is -2.20. The van der Waals surface area contributed by atoms with Crippen LogP contribution in [0.15, 0.2) is 0 Å². The molecular weight excluding hydrogens is 188 g/mol. The third-order valence-corrected chi connectivity index (χ3v) is 3.36. The average molecular weight is 214 g/mol. The van der Waals surface area contributed by atoms with Gasteiger partial charge in [-0.15, -0.1) is 0 Å².